The second kappa shape index (κ2) is 6.06. The van der Waals surface area contributed by atoms with Gasteiger partial charge in [-0.3, -0.25) is 4.90 Å². The van der Waals surface area contributed by atoms with Gasteiger partial charge in [-0.1, -0.05) is 13.8 Å². The first-order valence-electron chi connectivity index (χ1n) is 5.60. The zero-order valence-electron chi connectivity index (χ0n) is 9.50. The minimum atomic E-state index is 0.784. The zero-order valence-corrected chi connectivity index (χ0v) is 9.50. The average molecular weight is 194 g/mol. The van der Waals surface area contributed by atoms with Gasteiger partial charge in [-0.15, -0.1) is 12.3 Å². The van der Waals surface area contributed by atoms with E-state index >= 15 is 0 Å². The monoisotopic (exact) mass is 194 g/mol. The van der Waals surface area contributed by atoms with Crippen LogP contribution in [-0.4, -0.2) is 49.1 Å². The second-order valence-electron chi connectivity index (χ2n) is 4.49. The predicted octanol–water partition coefficient (Wildman–Crippen LogP) is 1.28. The summed E-state index contributed by atoms with van der Waals surface area (Å²) in [4.78, 5) is 5.02. The highest BCUT2D eigenvalue weighted by atomic mass is 15.3. The molecule has 1 saturated heterocycles. The standard InChI is InChI=1S/C12H22N2/c1-4-5-6-13-7-9-14(10-8-13)11-12(2)3/h1,12H,5-11H2,2-3H3. The lowest BCUT2D eigenvalue weighted by atomic mass is 10.2. The highest BCUT2D eigenvalue weighted by Crippen LogP contribution is 2.05. The van der Waals surface area contributed by atoms with Gasteiger partial charge >= 0.3 is 0 Å². The summed E-state index contributed by atoms with van der Waals surface area (Å²) in [5.41, 5.74) is 0. The van der Waals surface area contributed by atoms with Gasteiger partial charge < -0.3 is 4.90 Å². The molecule has 1 rings (SSSR count). The Morgan fingerprint density at radius 2 is 1.71 bits per heavy atom. The fraction of sp³-hybridized carbons (Fsp3) is 0.833. The molecule has 0 amide bonds. The maximum Gasteiger partial charge on any atom is 0.0214 e. The molecule has 0 aliphatic carbocycles. The molecular weight excluding hydrogens is 172 g/mol. The van der Waals surface area contributed by atoms with Gasteiger partial charge in [-0.2, -0.15) is 0 Å². The van der Waals surface area contributed by atoms with Crippen LogP contribution in [0.2, 0.25) is 0 Å². The molecule has 0 unspecified atom stereocenters. The van der Waals surface area contributed by atoms with Crippen molar-refractivity contribution >= 4 is 0 Å². The van der Waals surface area contributed by atoms with Gasteiger partial charge in [-0.25, -0.2) is 0 Å². The minimum Gasteiger partial charge on any atom is -0.301 e. The molecule has 2 heteroatoms. The van der Waals surface area contributed by atoms with E-state index in [1.54, 1.807) is 0 Å². The molecule has 0 aromatic heterocycles. The van der Waals surface area contributed by atoms with E-state index < -0.39 is 0 Å². The first-order valence-corrected chi connectivity index (χ1v) is 5.60. The predicted molar refractivity (Wildman–Crippen MR) is 61.2 cm³/mol. The summed E-state index contributed by atoms with van der Waals surface area (Å²) in [6.45, 7) is 11.7. The maximum absolute atomic E-state index is 5.25. The van der Waals surface area contributed by atoms with Crippen molar-refractivity contribution in [3.05, 3.63) is 0 Å². The average Bonchev–Trinajstić information content (AvgIpc) is 2.16. The Morgan fingerprint density at radius 1 is 1.14 bits per heavy atom. The molecule has 1 aliphatic heterocycles. The van der Waals surface area contributed by atoms with Gasteiger partial charge in [0.15, 0.2) is 0 Å². The summed E-state index contributed by atoms with van der Waals surface area (Å²) in [7, 11) is 0. The van der Waals surface area contributed by atoms with E-state index in [0.29, 0.717) is 0 Å². The van der Waals surface area contributed by atoms with Crippen LogP contribution in [-0.2, 0) is 0 Å². The molecule has 0 saturated carbocycles. The number of rotatable bonds is 4. The molecule has 1 fully saturated rings. The van der Waals surface area contributed by atoms with Crippen molar-refractivity contribution in [2.75, 3.05) is 39.3 Å². The fourth-order valence-electron chi connectivity index (χ4n) is 1.93. The Hall–Kier alpha value is -0.520. The highest BCUT2D eigenvalue weighted by Gasteiger charge is 2.16. The largest absolute Gasteiger partial charge is 0.301 e. The second-order valence-corrected chi connectivity index (χ2v) is 4.49. The van der Waals surface area contributed by atoms with Gasteiger partial charge in [0.1, 0.15) is 0 Å². The van der Waals surface area contributed by atoms with Crippen LogP contribution < -0.4 is 0 Å². The fourth-order valence-corrected chi connectivity index (χ4v) is 1.93. The number of piperazine rings is 1. The minimum absolute atomic E-state index is 0.784. The quantitative estimate of drug-likeness (QED) is 0.622. The van der Waals surface area contributed by atoms with Crippen LogP contribution in [0, 0.1) is 18.3 Å². The maximum atomic E-state index is 5.25. The summed E-state index contributed by atoms with van der Waals surface area (Å²) >= 11 is 0. The Balaban J connectivity index is 2.15. The van der Waals surface area contributed by atoms with Crippen LogP contribution in [0.25, 0.3) is 0 Å². The third-order valence-corrected chi connectivity index (χ3v) is 2.66. The van der Waals surface area contributed by atoms with Crippen molar-refractivity contribution in [2.24, 2.45) is 5.92 Å². The van der Waals surface area contributed by atoms with E-state index in [-0.39, 0.29) is 0 Å². The van der Waals surface area contributed by atoms with E-state index in [1.807, 2.05) is 0 Å². The molecule has 2 nitrogen and oxygen atoms in total. The summed E-state index contributed by atoms with van der Waals surface area (Å²) < 4.78 is 0. The molecule has 1 aliphatic rings. The number of nitrogens with zero attached hydrogens (tertiary/aromatic N) is 2. The van der Waals surface area contributed by atoms with Crippen molar-refractivity contribution in [1.82, 2.24) is 9.80 Å². The van der Waals surface area contributed by atoms with Crippen LogP contribution >= 0.6 is 0 Å². The van der Waals surface area contributed by atoms with Gasteiger partial charge in [0.05, 0.1) is 0 Å². The number of hydrogen-bond acceptors (Lipinski definition) is 2. The topological polar surface area (TPSA) is 6.48 Å². The lowest BCUT2D eigenvalue weighted by Crippen LogP contribution is -2.47. The summed E-state index contributed by atoms with van der Waals surface area (Å²) in [6.07, 6.45) is 6.14. The first kappa shape index (κ1) is 11.6. The van der Waals surface area contributed by atoms with E-state index in [4.69, 9.17) is 6.42 Å². The summed E-state index contributed by atoms with van der Waals surface area (Å²) in [5, 5.41) is 0. The van der Waals surface area contributed by atoms with Crippen LogP contribution in [0.1, 0.15) is 20.3 Å². The van der Waals surface area contributed by atoms with Crippen molar-refractivity contribution in [2.45, 2.75) is 20.3 Å². The lowest BCUT2D eigenvalue weighted by molar-refractivity contribution is 0.124. The van der Waals surface area contributed by atoms with Crippen molar-refractivity contribution in [3.8, 4) is 12.3 Å². The van der Waals surface area contributed by atoms with Gasteiger partial charge in [-0.05, 0) is 5.92 Å². The molecule has 0 radical (unpaired) electrons. The van der Waals surface area contributed by atoms with Crippen LogP contribution in [0.15, 0.2) is 0 Å². The Bertz CT molecular complexity index is 185. The molecule has 0 spiro atoms. The highest BCUT2D eigenvalue weighted by molar-refractivity contribution is 4.85. The van der Waals surface area contributed by atoms with Crippen molar-refractivity contribution in [1.29, 1.82) is 0 Å². The number of terminal acetylenes is 1. The Morgan fingerprint density at radius 3 is 2.21 bits per heavy atom. The molecule has 0 atom stereocenters. The molecule has 0 aromatic carbocycles. The van der Waals surface area contributed by atoms with E-state index in [0.717, 1.165) is 18.9 Å². The van der Waals surface area contributed by atoms with Crippen LogP contribution in [0.4, 0.5) is 0 Å². The Labute approximate surface area is 88.3 Å². The number of hydrogen-bond donors (Lipinski definition) is 0. The van der Waals surface area contributed by atoms with Gasteiger partial charge in [0.2, 0.25) is 0 Å². The van der Waals surface area contributed by atoms with Crippen molar-refractivity contribution < 1.29 is 0 Å². The third-order valence-electron chi connectivity index (χ3n) is 2.66. The summed E-state index contributed by atoms with van der Waals surface area (Å²) in [5.74, 6) is 3.49. The third kappa shape index (κ3) is 4.13. The normalized spacial score (nSPS) is 19.9. The van der Waals surface area contributed by atoms with E-state index in [1.165, 1.54) is 32.7 Å². The SMILES string of the molecule is C#CCCN1CCN(CC(C)C)CC1. The van der Waals surface area contributed by atoms with Crippen LogP contribution in [0.3, 0.4) is 0 Å². The molecule has 0 aromatic rings. The van der Waals surface area contributed by atoms with E-state index in [2.05, 4.69) is 29.6 Å². The zero-order chi connectivity index (χ0) is 10.4. The summed E-state index contributed by atoms with van der Waals surface area (Å²) in [6, 6.07) is 0. The Kier molecular flexibility index (Phi) is 5.00. The molecular formula is C12H22N2. The molecule has 0 bridgehead atoms. The molecule has 14 heavy (non-hydrogen) atoms. The van der Waals surface area contributed by atoms with E-state index in [9.17, 15) is 0 Å². The van der Waals surface area contributed by atoms with Gasteiger partial charge in [0, 0.05) is 45.7 Å². The molecule has 80 valence electrons. The smallest absolute Gasteiger partial charge is 0.0214 e. The molecule has 0 N–H and O–H groups in total. The molecule has 1 heterocycles. The first-order chi connectivity index (χ1) is 6.72. The lowest BCUT2D eigenvalue weighted by Gasteiger charge is -2.35. The van der Waals surface area contributed by atoms with Crippen molar-refractivity contribution in [3.63, 3.8) is 0 Å². The van der Waals surface area contributed by atoms with Crippen LogP contribution in [0.5, 0.6) is 0 Å². The van der Waals surface area contributed by atoms with Gasteiger partial charge in [0.25, 0.3) is 0 Å².